The van der Waals surface area contributed by atoms with Crippen LogP contribution in [0, 0.1) is 5.92 Å². The quantitative estimate of drug-likeness (QED) is 0.541. The minimum atomic E-state index is -0.00625. The van der Waals surface area contributed by atoms with Crippen LogP contribution in [0.25, 0.3) is 0 Å². The summed E-state index contributed by atoms with van der Waals surface area (Å²) in [6.45, 7) is 13.7. The Hall–Kier alpha value is -2.03. The van der Waals surface area contributed by atoms with Gasteiger partial charge in [0.2, 0.25) is 5.91 Å². The summed E-state index contributed by atoms with van der Waals surface area (Å²) in [4.78, 5) is 20.1. The second-order valence-electron chi connectivity index (χ2n) is 9.91. The van der Waals surface area contributed by atoms with Crippen molar-refractivity contribution in [3.05, 3.63) is 12.1 Å². The Bertz CT molecular complexity index is 801. The molecule has 0 radical (unpaired) electrons. The van der Waals surface area contributed by atoms with E-state index in [0.717, 1.165) is 56.6 Å². The molecule has 1 aromatic rings. The number of benzene rings is 1. The zero-order valence-corrected chi connectivity index (χ0v) is 21.7. The standard InChI is InChI=1S/C27H44N4O4/c1-3-34-25-19-24(31-14-16-33-17-15-31)26(35-4-2)18-23(25)28-27(32)21-30-12-10-29(11-13-30)20-22-8-6-5-7-9-22/h18-19,22H,3-17,20-21H2,1-2H3,(H,28,32). The van der Waals surface area contributed by atoms with Crippen LogP contribution >= 0.6 is 0 Å². The largest absolute Gasteiger partial charge is 0.492 e. The average molecular weight is 489 g/mol. The minimum Gasteiger partial charge on any atom is -0.492 e. The van der Waals surface area contributed by atoms with Gasteiger partial charge in [-0.25, -0.2) is 0 Å². The van der Waals surface area contributed by atoms with Crippen LogP contribution in [0.15, 0.2) is 12.1 Å². The molecule has 4 rings (SSSR count). The normalized spacial score (nSPS) is 20.6. The monoisotopic (exact) mass is 488 g/mol. The SMILES string of the molecule is CCOc1cc(N2CCOCC2)c(OCC)cc1NC(=O)CN1CCN(CC2CCCCC2)CC1. The fourth-order valence-corrected chi connectivity index (χ4v) is 5.50. The Balaban J connectivity index is 1.35. The van der Waals surface area contributed by atoms with Gasteiger partial charge in [0.25, 0.3) is 0 Å². The van der Waals surface area contributed by atoms with E-state index in [1.54, 1.807) is 0 Å². The van der Waals surface area contributed by atoms with Gasteiger partial charge in [-0.15, -0.1) is 0 Å². The van der Waals surface area contributed by atoms with Gasteiger partial charge in [-0.05, 0) is 32.6 Å². The second kappa shape index (κ2) is 13.3. The summed E-state index contributed by atoms with van der Waals surface area (Å²) in [5.74, 6) is 2.32. The number of ether oxygens (including phenoxy) is 3. The maximum atomic E-state index is 13.0. The van der Waals surface area contributed by atoms with Gasteiger partial charge in [0.1, 0.15) is 11.5 Å². The molecule has 2 saturated heterocycles. The van der Waals surface area contributed by atoms with Crippen molar-refractivity contribution in [3.8, 4) is 11.5 Å². The molecule has 8 heteroatoms. The van der Waals surface area contributed by atoms with Crippen molar-refractivity contribution < 1.29 is 19.0 Å². The molecule has 0 unspecified atom stereocenters. The predicted octanol–water partition coefficient (Wildman–Crippen LogP) is 3.46. The minimum absolute atomic E-state index is 0.00625. The number of amides is 1. The van der Waals surface area contributed by atoms with Crippen molar-refractivity contribution in [1.29, 1.82) is 0 Å². The fourth-order valence-electron chi connectivity index (χ4n) is 5.50. The van der Waals surface area contributed by atoms with Gasteiger partial charge in [-0.2, -0.15) is 0 Å². The molecule has 0 spiro atoms. The van der Waals surface area contributed by atoms with Crippen molar-refractivity contribution >= 4 is 17.3 Å². The maximum Gasteiger partial charge on any atom is 0.238 e. The number of nitrogens with zero attached hydrogens (tertiary/aromatic N) is 3. The Morgan fingerprint density at radius 3 is 2.26 bits per heavy atom. The summed E-state index contributed by atoms with van der Waals surface area (Å²) < 4.78 is 17.4. The van der Waals surface area contributed by atoms with Gasteiger partial charge in [0.05, 0.1) is 44.3 Å². The lowest BCUT2D eigenvalue weighted by molar-refractivity contribution is -0.117. The summed E-state index contributed by atoms with van der Waals surface area (Å²) in [5, 5.41) is 3.11. The van der Waals surface area contributed by atoms with Crippen molar-refractivity contribution in [1.82, 2.24) is 9.80 Å². The third kappa shape index (κ3) is 7.48. The second-order valence-corrected chi connectivity index (χ2v) is 9.91. The molecule has 35 heavy (non-hydrogen) atoms. The van der Waals surface area contributed by atoms with Crippen LogP contribution in [0.4, 0.5) is 11.4 Å². The van der Waals surface area contributed by atoms with Gasteiger partial charge >= 0.3 is 0 Å². The molecule has 1 aromatic carbocycles. The van der Waals surface area contributed by atoms with Crippen LogP contribution in [-0.2, 0) is 9.53 Å². The molecule has 0 aromatic heterocycles. The number of carbonyl (C=O) groups excluding carboxylic acids is 1. The van der Waals surface area contributed by atoms with E-state index in [2.05, 4.69) is 20.0 Å². The summed E-state index contributed by atoms with van der Waals surface area (Å²) in [6, 6.07) is 3.92. The molecule has 0 atom stereocenters. The lowest BCUT2D eigenvalue weighted by atomic mass is 9.89. The molecule has 1 saturated carbocycles. The van der Waals surface area contributed by atoms with Crippen LogP contribution in [-0.4, -0.2) is 94.5 Å². The zero-order valence-electron chi connectivity index (χ0n) is 21.7. The molecule has 1 amide bonds. The van der Waals surface area contributed by atoms with E-state index in [1.165, 1.54) is 38.6 Å². The van der Waals surface area contributed by atoms with Crippen LogP contribution in [0.3, 0.4) is 0 Å². The molecule has 1 aliphatic carbocycles. The van der Waals surface area contributed by atoms with Crippen LogP contribution < -0.4 is 19.7 Å². The van der Waals surface area contributed by atoms with E-state index in [-0.39, 0.29) is 5.91 Å². The third-order valence-corrected chi connectivity index (χ3v) is 7.36. The van der Waals surface area contributed by atoms with Crippen molar-refractivity contribution in [3.63, 3.8) is 0 Å². The maximum absolute atomic E-state index is 13.0. The Kier molecular flexibility index (Phi) is 9.92. The van der Waals surface area contributed by atoms with Crippen LogP contribution in [0.1, 0.15) is 46.0 Å². The Labute approximate surface area is 210 Å². The first-order valence-electron chi connectivity index (χ1n) is 13.7. The average Bonchev–Trinajstić information content (AvgIpc) is 2.88. The fraction of sp³-hybridized carbons (Fsp3) is 0.741. The van der Waals surface area contributed by atoms with Crippen molar-refractivity contribution in [2.75, 3.05) is 89.0 Å². The molecule has 3 fully saturated rings. The molecule has 8 nitrogen and oxygen atoms in total. The van der Waals surface area contributed by atoms with Gasteiger partial charge in [0, 0.05) is 57.9 Å². The Morgan fingerprint density at radius 2 is 1.57 bits per heavy atom. The van der Waals surface area contributed by atoms with Gasteiger partial charge in [-0.1, -0.05) is 19.3 Å². The highest BCUT2D eigenvalue weighted by Crippen LogP contribution is 2.39. The number of anilines is 2. The number of carbonyl (C=O) groups is 1. The lowest BCUT2D eigenvalue weighted by Gasteiger charge is -2.37. The summed E-state index contributed by atoms with van der Waals surface area (Å²) >= 11 is 0. The molecular formula is C27H44N4O4. The number of hydrogen-bond acceptors (Lipinski definition) is 7. The molecule has 3 aliphatic rings. The highest BCUT2D eigenvalue weighted by Gasteiger charge is 2.24. The molecular weight excluding hydrogens is 444 g/mol. The highest BCUT2D eigenvalue weighted by atomic mass is 16.5. The van der Waals surface area contributed by atoms with Gasteiger partial charge < -0.3 is 29.3 Å². The summed E-state index contributed by atoms with van der Waals surface area (Å²) in [6.07, 6.45) is 6.98. The molecule has 1 N–H and O–H groups in total. The van der Waals surface area contributed by atoms with E-state index in [4.69, 9.17) is 14.2 Å². The van der Waals surface area contributed by atoms with Crippen LogP contribution in [0.5, 0.6) is 11.5 Å². The number of nitrogens with one attached hydrogen (secondary N) is 1. The van der Waals surface area contributed by atoms with Crippen LogP contribution in [0.2, 0.25) is 0 Å². The zero-order chi connectivity index (χ0) is 24.5. The van der Waals surface area contributed by atoms with E-state index >= 15 is 0 Å². The molecule has 2 heterocycles. The predicted molar refractivity (Wildman–Crippen MR) is 140 cm³/mol. The highest BCUT2D eigenvalue weighted by molar-refractivity contribution is 5.94. The molecule has 196 valence electrons. The lowest BCUT2D eigenvalue weighted by Crippen LogP contribution is -2.49. The first kappa shape index (κ1) is 26.0. The van der Waals surface area contributed by atoms with Crippen molar-refractivity contribution in [2.45, 2.75) is 46.0 Å². The molecule has 2 aliphatic heterocycles. The smallest absolute Gasteiger partial charge is 0.238 e. The van der Waals surface area contributed by atoms with E-state index in [1.807, 2.05) is 26.0 Å². The van der Waals surface area contributed by atoms with Gasteiger partial charge in [0.15, 0.2) is 0 Å². The first-order valence-corrected chi connectivity index (χ1v) is 13.7. The number of piperazine rings is 1. The van der Waals surface area contributed by atoms with Gasteiger partial charge in [-0.3, -0.25) is 9.69 Å². The number of morpholine rings is 1. The molecule has 0 bridgehead atoms. The third-order valence-electron chi connectivity index (χ3n) is 7.36. The van der Waals surface area contributed by atoms with E-state index in [0.29, 0.717) is 44.4 Å². The van der Waals surface area contributed by atoms with Crippen molar-refractivity contribution in [2.24, 2.45) is 5.92 Å². The first-order chi connectivity index (χ1) is 17.2. The van der Waals surface area contributed by atoms with E-state index < -0.39 is 0 Å². The topological polar surface area (TPSA) is 66.5 Å². The number of hydrogen-bond donors (Lipinski definition) is 1. The summed E-state index contributed by atoms with van der Waals surface area (Å²) in [7, 11) is 0. The Morgan fingerprint density at radius 1 is 0.914 bits per heavy atom. The number of rotatable bonds is 10. The summed E-state index contributed by atoms with van der Waals surface area (Å²) in [5.41, 5.74) is 1.67. The van der Waals surface area contributed by atoms with E-state index in [9.17, 15) is 4.79 Å².